The van der Waals surface area contributed by atoms with E-state index in [0.29, 0.717) is 0 Å². The summed E-state index contributed by atoms with van der Waals surface area (Å²) < 4.78 is 0. The lowest BCUT2D eigenvalue weighted by Gasteiger charge is -1.90. The van der Waals surface area contributed by atoms with Crippen LogP contribution in [-0.2, 0) is 14.4 Å². The van der Waals surface area contributed by atoms with Crippen LogP contribution in [0.3, 0.4) is 0 Å². The molecule has 88 valence electrons. The molecule has 3 heteroatoms. The van der Waals surface area contributed by atoms with Crippen LogP contribution >= 0.6 is 0 Å². The summed E-state index contributed by atoms with van der Waals surface area (Å²) in [7, 11) is 0. The molecular weight excluding hydrogens is 204 g/mol. The highest BCUT2D eigenvalue weighted by Crippen LogP contribution is 1.93. The summed E-state index contributed by atoms with van der Waals surface area (Å²) in [5.74, 6) is -2.43. The van der Waals surface area contributed by atoms with Crippen molar-refractivity contribution in [3.05, 3.63) is 24.3 Å². The summed E-state index contributed by atoms with van der Waals surface area (Å²) in [6.07, 6.45) is 8.86. The maximum atomic E-state index is 11.2. The van der Waals surface area contributed by atoms with Crippen LogP contribution in [0.2, 0.25) is 0 Å². The zero-order valence-corrected chi connectivity index (χ0v) is 9.86. The number of ketones is 3. The largest absolute Gasteiger partial charge is 0.285 e. The van der Waals surface area contributed by atoms with E-state index in [4.69, 9.17) is 0 Å². The summed E-state index contributed by atoms with van der Waals surface area (Å²) in [6, 6.07) is 0. The molecule has 0 aromatic carbocycles. The molecule has 0 aliphatic heterocycles. The van der Waals surface area contributed by atoms with Crippen molar-refractivity contribution in [2.24, 2.45) is 0 Å². The second-order valence-electron chi connectivity index (χ2n) is 3.44. The average Bonchev–Trinajstić information content (AvgIpc) is 2.28. The Balaban J connectivity index is 4.22. The maximum absolute atomic E-state index is 11.2. The van der Waals surface area contributed by atoms with Gasteiger partial charge < -0.3 is 0 Å². The van der Waals surface area contributed by atoms with Gasteiger partial charge in [0.2, 0.25) is 11.6 Å². The Morgan fingerprint density at radius 3 is 1.50 bits per heavy atom. The lowest BCUT2D eigenvalue weighted by Crippen LogP contribution is -2.20. The van der Waals surface area contributed by atoms with Crippen LogP contribution in [0.25, 0.3) is 0 Å². The number of hydrogen-bond acceptors (Lipinski definition) is 3. The van der Waals surface area contributed by atoms with Crippen LogP contribution < -0.4 is 0 Å². The van der Waals surface area contributed by atoms with Gasteiger partial charge in [0.05, 0.1) is 0 Å². The van der Waals surface area contributed by atoms with Crippen molar-refractivity contribution >= 4 is 17.3 Å². The minimum absolute atomic E-state index is 0.735. The fourth-order valence-electron chi connectivity index (χ4n) is 0.987. The van der Waals surface area contributed by atoms with Crippen molar-refractivity contribution in [3.8, 4) is 0 Å². The van der Waals surface area contributed by atoms with E-state index in [2.05, 4.69) is 0 Å². The molecule has 0 rings (SSSR count). The molecule has 16 heavy (non-hydrogen) atoms. The Hall–Kier alpha value is -1.51. The summed E-state index contributed by atoms with van der Waals surface area (Å²) >= 11 is 0. The number of hydrogen-bond donors (Lipinski definition) is 0. The van der Waals surface area contributed by atoms with E-state index in [-0.39, 0.29) is 0 Å². The van der Waals surface area contributed by atoms with Gasteiger partial charge in [-0.3, -0.25) is 14.4 Å². The van der Waals surface area contributed by atoms with Crippen LogP contribution in [0.1, 0.15) is 39.5 Å². The van der Waals surface area contributed by atoms with E-state index in [0.717, 1.165) is 25.7 Å². The molecule has 0 fully saturated rings. The molecule has 0 amide bonds. The van der Waals surface area contributed by atoms with Crippen LogP contribution in [0.5, 0.6) is 0 Å². The molecule has 0 bridgehead atoms. The first-order chi connectivity index (χ1) is 7.63. The normalized spacial score (nSPS) is 11.1. The zero-order chi connectivity index (χ0) is 12.4. The summed E-state index contributed by atoms with van der Waals surface area (Å²) in [4.78, 5) is 33.6. The summed E-state index contributed by atoms with van der Waals surface area (Å²) in [5.41, 5.74) is 0. The minimum Gasteiger partial charge on any atom is -0.285 e. The molecule has 0 spiro atoms. The van der Waals surface area contributed by atoms with Crippen LogP contribution in [0, 0.1) is 0 Å². The average molecular weight is 222 g/mol. The summed E-state index contributed by atoms with van der Waals surface area (Å²) in [6.45, 7) is 3.94. The van der Waals surface area contributed by atoms with Crippen molar-refractivity contribution in [1.29, 1.82) is 0 Å². The monoisotopic (exact) mass is 222 g/mol. The third-order valence-electron chi connectivity index (χ3n) is 1.90. The standard InChI is InChI=1S/C13H18O3/c1-3-5-7-9-11(14)13(16)12(15)10-8-6-4-2/h7-10H,3-6H2,1-2H3. The van der Waals surface area contributed by atoms with E-state index in [1.807, 2.05) is 13.8 Å². The molecule has 3 nitrogen and oxygen atoms in total. The molecular formula is C13H18O3. The smallest absolute Gasteiger partial charge is 0.272 e. The predicted molar refractivity (Wildman–Crippen MR) is 63.1 cm³/mol. The van der Waals surface area contributed by atoms with Gasteiger partial charge in [0.15, 0.2) is 0 Å². The Bertz CT molecular complexity index is 281. The SMILES string of the molecule is CCCC=CC(=O)C(=O)C(=O)C=CCCC. The van der Waals surface area contributed by atoms with Gasteiger partial charge in [-0.05, 0) is 25.0 Å². The van der Waals surface area contributed by atoms with E-state index in [1.54, 1.807) is 12.2 Å². The Labute approximate surface area is 96.2 Å². The molecule has 0 aromatic rings. The molecule has 0 heterocycles. The molecule has 0 aromatic heterocycles. The van der Waals surface area contributed by atoms with E-state index < -0.39 is 17.3 Å². The van der Waals surface area contributed by atoms with Crippen molar-refractivity contribution < 1.29 is 14.4 Å². The molecule has 0 radical (unpaired) electrons. The van der Waals surface area contributed by atoms with Crippen molar-refractivity contribution in [2.45, 2.75) is 39.5 Å². The molecule has 0 saturated heterocycles. The number of rotatable bonds is 8. The zero-order valence-electron chi connectivity index (χ0n) is 9.86. The molecule has 0 aliphatic rings. The quantitative estimate of drug-likeness (QED) is 0.360. The lowest BCUT2D eigenvalue weighted by molar-refractivity contribution is -0.140. The Morgan fingerprint density at radius 1 is 0.812 bits per heavy atom. The van der Waals surface area contributed by atoms with Crippen LogP contribution in [-0.4, -0.2) is 17.3 Å². The Kier molecular flexibility index (Phi) is 7.94. The van der Waals surface area contributed by atoms with E-state index >= 15 is 0 Å². The minimum atomic E-state index is -0.959. The molecule has 0 N–H and O–H groups in total. The van der Waals surface area contributed by atoms with Gasteiger partial charge in [0, 0.05) is 0 Å². The van der Waals surface area contributed by atoms with E-state index in [1.165, 1.54) is 12.2 Å². The fraction of sp³-hybridized carbons (Fsp3) is 0.462. The van der Waals surface area contributed by atoms with Gasteiger partial charge in [-0.1, -0.05) is 38.8 Å². The molecule has 0 aliphatic carbocycles. The first-order valence-corrected chi connectivity index (χ1v) is 5.59. The Morgan fingerprint density at radius 2 is 1.19 bits per heavy atom. The third kappa shape index (κ3) is 6.06. The number of carbonyl (C=O) groups excluding carboxylic acids is 3. The van der Waals surface area contributed by atoms with Gasteiger partial charge in [0.1, 0.15) is 0 Å². The number of allylic oxidation sites excluding steroid dienone is 4. The highest BCUT2D eigenvalue weighted by molar-refractivity contribution is 6.68. The van der Waals surface area contributed by atoms with Gasteiger partial charge in [-0.25, -0.2) is 0 Å². The number of carbonyl (C=O) groups is 3. The second kappa shape index (κ2) is 8.77. The molecule has 0 atom stereocenters. The number of unbranched alkanes of at least 4 members (excludes halogenated alkanes) is 2. The van der Waals surface area contributed by atoms with Gasteiger partial charge in [0.25, 0.3) is 5.78 Å². The van der Waals surface area contributed by atoms with Crippen LogP contribution in [0.15, 0.2) is 24.3 Å². The van der Waals surface area contributed by atoms with E-state index in [9.17, 15) is 14.4 Å². The van der Waals surface area contributed by atoms with Crippen molar-refractivity contribution in [1.82, 2.24) is 0 Å². The first-order valence-electron chi connectivity index (χ1n) is 5.59. The first kappa shape index (κ1) is 14.5. The van der Waals surface area contributed by atoms with Gasteiger partial charge in [-0.2, -0.15) is 0 Å². The predicted octanol–water partition coefficient (Wildman–Crippen LogP) is 2.41. The van der Waals surface area contributed by atoms with Gasteiger partial charge >= 0.3 is 0 Å². The van der Waals surface area contributed by atoms with Gasteiger partial charge in [-0.15, -0.1) is 0 Å². The topological polar surface area (TPSA) is 51.2 Å². The second-order valence-corrected chi connectivity index (χ2v) is 3.44. The molecule has 0 saturated carbocycles. The molecule has 0 unspecified atom stereocenters. The van der Waals surface area contributed by atoms with Crippen molar-refractivity contribution in [2.75, 3.05) is 0 Å². The summed E-state index contributed by atoms with van der Waals surface area (Å²) in [5, 5.41) is 0. The van der Waals surface area contributed by atoms with Crippen LogP contribution in [0.4, 0.5) is 0 Å². The highest BCUT2D eigenvalue weighted by atomic mass is 16.2. The fourth-order valence-corrected chi connectivity index (χ4v) is 0.987. The maximum Gasteiger partial charge on any atom is 0.272 e. The lowest BCUT2D eigenvalue weighted by atomic mass is 10.1. The number of Topliss-reactive ketones (excluding diaryl/α,β-unsaturated/α-hetero) is 1. The van der Waals surface area contributed by atoms with Crippen molar-refractivity contribution in [3.63, 3.8) is 0 Å². The highest BCUT2D eigenvalue weighted by Gasteiger charge is 2.16. The third-order valence-corrected chi connectivity index (χ3v) is 1.90.